The number of hydrogen-bond acceptors (Lipinski definition) is 4. The molecular weight excluding hydrogens is 284 g/mol. The van der Waals surface area contributed by atoms with Crippen molar-refractivity contribution in [2.45, 2.75) is 0 Å². The van der Waals surface area contributed by atoms with Gasteiger partial charge in [-0.25, -0.2) is 5.43 Å². The molecule has 0 aliphatic carbocycles. The molecule has 1 heterocycles. The van der Waals surface area contributed by atoms with Crippen LogP contribution in [0.3, 0.4) is 0 Å². The minimum absolute atomic E-state index is 0.110. The summed E-state index contributed by atoms with van der Waals surface area (Å²) in [6.45, 7) is -0.110. The Balaban J connectivity index is 1.76. The molecule has 0 radical (unpaired) electrons. The molecular formula is C13H11ClN2O2S. The van der Waals surface area contributed by atoms with Gasteiger partial charge < -0.3 is 4.74 Å². The fraction of sp³-hybridized carbons (Fsp3) is 0.0769. The van der Waals surface area contributed by atoms with Crippen molar-refractivity contribution in [1.82, 2.24) is 5.43 Å². The summed E-state index contributed by atoms with van der Waals surface area (Å²) in [5.74, 6) is 0.218. The summed E-state index contributed by atoms with van der Waals surface area (Å²) in [6.07, 6.45) is 1.58. The monoisotopic (exact) mass is 294 g/mol. The molecule has 0 atom stereocenters. The van der Waals surface area contributed by atoms with Gasteiger partial charge in [-0.2, -0.15) is 16.4 Å². The third-order valence-electron chi connectivity index (χ3n) is 2.11. The molecule has 1 aromatic carbocycles. The van der Waals surface area contributed by atoms with Crippen LogP contribution in [0.5, 0.6) is 5.75 Å². The summed E-state index contributed by atoms with van der Waals surface area (Å²) < 4.78 is 5.27. The summed E-state index contributed by atoms with van der Waals surface area (Å²) in [5, 5.41) is 8.25. The van der Waals surface area contributed by atoms with Crippen LogP contribution >= 0.6 is 22.9 Å². The number of hydrazone groups is 1. The van der Waals surface area contributed by atoms with Gasteiger partial charge in [-0.15, -0.1) is 0 Å². The molecule has 0 spiro atoms. The SMILES string of the molecule is O=C(COc1cccc(Cl)c1)N/N=C/c1ccsc1. The van der Waals surface area contributed by atoms with E-state index in [0.717, 1.165) is 5.56 Å². The number of carbonyl (C=O) groups is 1. The third kappa shape index (κ3) is 4.73. The molecule has 19 heavy (non-hydrogen) atoms. The molecule has 2 aromatic rings. The van der Waals surface area contributed by atoms with Crippen LogP contribution in [0.1, 0.15) is 5.56 Å². The molecule has 0 aliphatic rings. The summed E-state index contributed by atoms with van der Waals surface area (Å²) in [6, 6.07) is 8.77. The van der Waals surface area contributed by atoms with Gasteiger partial charge in [0.25, 0.3) is 5.91 Å². The first kappa shape index (κ1) is 13.6. The molecule has 0 bridgehead atoms. The fourth-order valence-electron chi connectivity index (χ4n) is 1.27. The second-order valence-electron chi connectivity index (χ2n) is 3.60. The van der Waals surface area contributed by atoms with Crippen molar-refractivity contribution in [3.05, 3.63) is 51.7 Å². The molecule has 0 saturated carbocycles. The normalized spacial score (nSPS) is 10.6. The maximum Gasteiger partial charge on any atom is 0.277 e. The smallest absolute Gasteiger partial charge is 0.277 e. The summed E-state index contributed by atoms with van der Waals surface area (Å²) in [4.78, 5) is 11.4. The predicted octanol–water partition coefficient (Wildman–Crippen LogP) is 2.93. The van der Waals surface area contributed by atoms with Gasteiger partial charge in [0.05, 0.1) is 6.21 Å². The largest absolute Gasteiger partial charge is 0.484 e. The first-order chi connectivity index (χ1) is 9.24. The van der Waals surface area contributed by atoms with Crippen LogP contribution in [0.4, 0.5) is 0 Å². The lowest BCUT2D eigenvalue weighted by Gasteiger charge is -2.04. The van der Waals surface area contributed by atoms with E-state index in [4.69, 9.17) is 16.3 Å². The molecule has 6 heteroatoms. The number of nitrogens with one attached hydrogen (secondary N) is 1. The van der Waals surface area contributed by atoms with E-state index in [1.807, 2.05) is 16.8 Å². The van der Waals surface area contributed by atoms with Crippen molar-refractivity contribution in [2.75, 3.05) is 6.61 Å². The highest BCUT2D eigenvalue weighted by molar-refractivity contribution is 7.08. The first-order valence-corrected chi connectivity index (χ1v) is 6.78. The lowest BCUT2D eigenvalue weighted by atomic mass is 10.3. The maximum atomic E-state index is 11.4. The van der Waals surface area contributed by atoms with Gasteiger partial charge in [-0.3, -0.25) is 4.79 Å². The number of hydrogen-bond donors (Lipinski definition) is 1. The Kier molecular flexibility index (Phi) is 4.94. The highest BCUT2D eigenvalue weighted by atomic mass is 35.5. The molecule has 4 nitrogen and oxygen atoms in total. The number of thiophene rings is 1. The summed E-state index contributed by atoms with van der Waals surface area (Å²) in [7, 11) is 0. The Morgan fingerprint density at radius 2 is 2.37 bits per heavy atom. The zero-order valence-electron chi connectivity index (χ0n) is 9.88. The summed E-state index contributed by atoms with van der Waals surface area (Å²) >= 11 is 7.36. The predicted molar refractivity (Wildman–Crippen MR) is 77.0 cm³/mol. The molecule has 98 valence electrons. The Morgan fingerprint density at radius 3 is 3.11 bits per heavy atom. The number of amides is 1. The molecule has 1 N–H and O–H groups in total. The van der Waals surface area contributed by atoms with Gasteiger partial charge in [-0.1, -0.05) is 17.7 Å². The third-order valence-corrected chi connectivity index (χ3v) is 3.05. The standard InChI is InChI=1S/C13H11ClN2O2S/c14-11-2-1-3-12(6-11)18-8-13(17)16-15-7-10-4-5-19-9-10/h1-7,9H,8H2,(H,16,17)/b15-7+. The Labute approximate surface area is 119 Å². The zero-order chi connectivity index (χ0) is 13.5. The van der Waals surface area contributed by atoms with Gasteiger partial charge in [-0.05, 0) is 35.0 Å². The van der Waals surface area contributed by atoms with E-state index < -0.39 is 0 Å². The van der Waals surface area contributed by atoms with Crippen molar-refractivity contribution < 1.29 is 9.53 Å². The number of ether oxygens (including phenoxy) is 1. The zero-order valence-corrected chi connectivity index (χ0v) is 11.4. The minimum Gasteiger partial charge on any atom is -0.484 e. The fourth-order valence-corrected chi connectivity index (χ4v) is 2.06. The van der Waals surface area contributed by atoms with Crippen LogP contribution in [0.15, 0.2) is 46.2 Å². The molecule has 1 amide bonds. The Hall–Kier alpha value is -1.85. The number of halogens is 1. The number of carbonyl (C=O) groups excluding carboxylic acids is 1. The highest BCUT2D eigenvalue weighted by Gasteiger charge is 2.01. The van der Waals surface area contributed by atoms with E-state index >= 15 is 0 Å². The van der Waals surface area contributed by atoms with E-state index in [-0.39, 0.29) is 12.5 Å². The Bertz CT molecular complexity index is 570. The van der Waals surface area contributed by atoms with Gasteiger partial charge in [0, 0.05) is 10.6 Å². The second-order valence-corrected chi connectivity index (χ2v) is 4.81. The van der Waals surface area contributed by atoms with Crippen molar-refractivity contribution in [1.29, 1.82) is 0 Å². The molecule has 0 aliphatic heterocycles. The van der Waals surface area contributed by atoms with E-state index in [0.29, 0.717) is 10.8 Å². The van der Waals surface area contributed by atoms with Crippen LogP contribution in [0, 0.1) is 0 Å². The maximum absolute atomic E-state index is 11.4. The number of rotatable bonds is 5. The van der Waals surface area contributed by atoms with Crippen LogP contribution in [0.25, 0.3) is 0 Å². The molecule has 0 unspecified atom stereocenters. The van der Waals surface area contributed by atoms with E-state index in [1.54, 1.807) is 41.8 Å². The van der Waals surface area contributed by atoms with Gasteiger partial charge in [0.1, 0.15) is 5.75 Å². The van der Waals surface area contributed by atoms with Crippen LogP contribution < -0.4 is 10.2 Å². The van der Waals surface area contributed by atoms with Gasteiger partial charge in [0.15, 0.2) is 6.61 Å². The quantitative estimate of drug-likeness (QED) is 0.681. The lowest BCUT2D eigenvalue weighted by molar-refractivity contribution is -0.123. The number of nitrogens with zero attached hydrogens (tertiary/aromatic N) is 1. The lowest BCUT2D eigenvalue weighted by Crippen LogP contribution is -2.24. The van der Waals surface area contributed by atoms with E-state index in [1.165, 1.54) is 0 Å². The topological polar surface area (TPSA) is 50.7 Å². The van der Waals surface area contributed by atoms with E-state index in [2.05, 4.69) is 10.5 Å². The van der Waals surface area contributed by atoms with Crippen LogP contribution in [-0.4, -0.2) is 18.7 Å². The van der Waals surface area contributed by atoms with E-state index in [9.17, 15) is 4.79 Å². The minimum atomic E-state index is -0.327. The van der Waals surface area contributed by atoms with Gasteiger partial charge >= 0.3 is 0 Å². The number of benzene rings is 1. The average molecular weight is 295 g/mol. The Morgan fingerprint density at radius 1 is 1.47 bits per heavy atom. The van der Waals surface area contributed by atoms with Crippen molar-refractivity contribution in [3.63, 3.8) is 0 Å². The first-order valence-electron chi connectivity index (χ1n) is 5.46. The van der Waals surface area contributed by atoms with Crippen molar-refractivity contribution >= 4 is 35.1 Å². The van der Waals surface area contributed by atoms with Crippen molar-refractivity contribution in [2.24, 2.45) is 5.10 Å². The van der Waals surface area contributed by atoms with Crippen LogP contribution in [-0.2, 0) is 4.79 Å². The second kappa shape index (κ2) is 6.92. The van der Waals surface area contributed by atoms with Crippen molar-refractivity contribution in [3.8, 4) is 5.75 Å². The molecule has 2 rings (SSSR count). The summed E-state index contributed by atoms with van der Waals surface area (Å²) in [5.41, 5.74) is 3.33. The average Bonchev–Trinajstić information content (AvgIpc) is 2.90. The highest BCUT2D eigenvalue weighted by Crippen LogP contribution is 2.16. The van der Waals surface area contributed by atoms with Crippen LogP contribution in [0.2, 0.25) is 5.02 Å². The molecule has 0 fully saturated rings. The molecule has 0 saturated heterocycles. The van der Waals surface area contributed by atoms with Gasteiger partial charge in [0.2, 0.25) is 0 Å². The molecule has 1 aromatic heterocycles.